The summed E-state index contributed by atoms with van der Waals surface area (Å²) in [5.74, 6) is 1.06. The van der Waals surface area contributed by atoms with Gasteiger partial charge in [-0.25, -0.2) is 0 Å². The minimum atomic E-state index is 0.434. The average Bonchev–Trinajstić information content (AvgIpc) is 3.22. The molecule has 0 bridgehead atoms. The fourth-order valence-electron chi connectivity index (χ4n) is 6.61. The zero-order valence-electron chi connectivity index (χ0n) is 26.0. The van der Waals surface area contributed by atoms with Crippen LogP contribution < -0.4 is 0 Å². The number of hydrogen-bond donors (Lipinski definition) is 0. The van der Waals surface area contributed by atoms with Gasteiger partial charge in [-0.3, -0.25) is 4.90 Å². The van der Waals surface area contributed by atoms with Gasteiger partial charge in [0, 0.05) is 41.6 Å². The summed E-state index contributed by atoms with van der Waals surface area (Å²) in [4.78, 5) is 2.72. The molecule has 5 rings (SSSR count). The zero-order valence-corrected chi connectivity index (χ0v) is 26.0. The van der Waals surface area contributed by atoms with Gasteiger partial charge < -0.3 is 4.57 Å². The molecule has 1 aliphatic heterocycles. The molecule has 2 nitrogen and oxygen atoms in total. The summed E-state index contributed by atoms with van der Waals surface area (Å²) in [6, 6.07) is 7.45. The molecule has 3 unspecified atom stereocenters. The van der Waals surface area contributed by atoms with E-state index in [1.54, 1.807) is 11.3 Å². The van der Waals surface area contributed by atoms with Crippen molar-refractivity contribution >= 4 is 17.0 Å². The number of hydrogen-bond acceptors (Lipinski definition) is 1. The van der Waals surface area contributed by atoms with Crippen molar-refractivity contribution in [1.29, 1.82) is 0 Å². The molecule has 0 saturated heterocycles. The van der Waals surface area contributed by atoms with E-state index in [0.717, 1.165) is 13.1 Å². The lowest BCUT2D eigenvalue weighted by molar-refractivity contribution is 0.221. The highest BCUT2D eigenvalue weighted by Crippen LogP contribution is 2.45. The molecule has 0 radical (unpaired) electrons. The smallest absolute Gasteiger partial charge is 0.0492 e. The Bertz CT molecular complexity index is 1120. The van der Waals surface area contributed by atoms with E-state index >= 15 is 0 Å². The standard InChI is InChI=1S/C28H34N2.C7H16.C2H6/c1-4-15-29-16-17-30-26-19-21(5-2)12-14-23(26)27(22-9-7-6-8-10-22)28(30)24-13-11-20(3)18-25(24)29;1-3-5-7-6-4-2;1-2/h5-7,11-14,18-19,22,24-25H,2,4,8-10,15-17H2,1,3H3;3-7H2,1-2H3;1-2H3. The number of benzene rings is 1. The monoisotopic (exact) mass is 528 g/mol. The van der Waals surface area contributed by atoms with Gasteiger partial charge >= 0.3 is 0 Å². The molecule has 2 heterocycles. The molecule has 3 aliphatic rings. The van der Waals surface area contributed by atoms with Crippen molar-refractivity contribution in [3.05, 3.63) is 77.6 Å². The first-order valence-electron chi connectivity index (χ1n) is 16.2. The lowest BCUT2D eigenvalue weighted by Crippen LogP contribution is -2.39. The van der Waals surface area contributed by atoms with Gasteiger partial charge in [0.15, 0.2) is 0 Å². The topological polar surface area (TPSA) is 8.17 Å². The van der Waals surface area contributed by atoms with E-state index in [1.807, 2.05) is 19.9 Å². The van der Waals surface area contributed by atoms with E-state index in [2.05, 4.69) is 92.3 Å². The Morgan fingerprint density at radius 1 is 0.974 bits per heavy atom. The summed E-state index contributed by atoms with van der Waals surface area (Å²) < 4.78 is 2.67. The maximum absolute atomic E-state index is 4.03. The zero-order chi connectivity index (χ0) is 28.2. The first-order chi connectivity index (χ1) is 19.1. The summed E-state index contributed by atoms with van der Waals surface area (Å²) in [7, 11) is 0. The molecule has 0 spiro atoms. The first kappa shape index (κ1) is 31.2. The molecule has 0 N–H and O–H groups in total. The van der Waals surface area contributed by atoms with Crippen LogP contribution in [-0.2, 0) is 6.54 Å². The average molecular weight is 529 g/mol. The quantitative estimate of drug-likeness (QED) is 0.244. The van der Waals surface area contributed by atoms with Crippen LogP contribution in [0.5, 0.6) is 0 Å². The molecule has 214 valence electrons. The molecule has 2 aliphatic carbocycles. The van der Waals surface area contributed by atoms with E-state index in [-0.39, 0.29) is 0 Å². The molecule has 1 aromatic carbocycles. The lowest BCUT2D eigenvalue weighted by atomic mass is 9.80. The molecule has 2 heteroatoms. The third-order valence-electron chi connectivity index (χ3n) is 8.52. The van der Waals surface area contributed by atoms with E-state index < -0.39 is 0 Å². The van der Waals surface area contributed by atoms with Crippen molar-refractivity contribution in [2.24, 2.45) is 0 Å². The Morgan fingerprint density at radius 3 is 2.38 bits per heavy atom. The largest absolute Gasteiger partial charge is 0.342 e. The van der Waals surface area contributed by atoms with Gasteiger partial charge in [-0.05, 0) is 62.3 Å². The second-order valence-corrected chi connectivity index (χ2v) is 11.3. The van der Waals surface area contributed by atoms with E-state index in [1.165, 1.54) is 86.4 Å². The molecule has 2 aromatic rings. The summed E-state index contributed by atoms with van der Waals surface area (Å²) in [6.45, 7) is 20.4. The van der Waals surface area contributed by atoms with Crippen LogP contribution in [-0.4, -0.2) is 28.6 Å². The van der Waals surface area contributed by atoms with Crippen molar-refractivity contribution < 1.29 is 0 Å². The van der Waals surface area contributed by atoms with Crippen LogP contribution in [0.4, 0.5) is 0 Å². The maximum atomic E-state index is 4.03. The minimum Gasteiger partial charge on any atom is -0.342 e. The van der Waals surface area contributed by atoms with Crippen molar-refractivity contribution in [1.82, 2.24) is 9.47 Å². The molecular formula is C37H56N2. The van der Waals surface area contributed by atoms with E-state index in [4.69, 9.17) is 0 Å². The predicted molar refractivity (Wildman–Crippen MR) is 175 cm³/mol. The van der Waals surface area contributed by atoms with Gasteiger partial charge in [0.25, 0.3) is 0 Å². The van der Waals surface area contributed by atoms with E-state index in [0.29, 0.717) is 17.9 Å². The van der Waals surface area contributed by atoms with Crippen molar-refractivity contribution in [3.8, 4) is 0 Å². The van der Waals surface area contributed by atoms with Gasteiger partial charge in [0.1, 0.15) is 0 Å². The van der Waals surface area contributed by atoms with Crippen LogP contribution >= 0.6 is 0 Å². The second kappa shape index (κ2) is 16.1. The van der Waals surface area contributed by atoms with Gasteiger partial charge in [-0.2, -0.15) is 0 Å². The Kier molecular flexibility index (Phi) is 12.9. The predicted octanol–water partition coefficient (Wildman–Crippen LogP) is 10.8. The van der Waals surface area contributed by atoms with Crippen LogP contribution in [0.15, 0.2) is 60.7 Å². The van der Waals surface area contributed by atoms with E-state index in [9.17, 15) is 0 Å². The number of unbranched alkanes of at least 4 members (excludes halogenated alkanes) is 4. The Labute approximate surface area is 240 Å². The molecule has 1 aromatic heterocycles. The van der Waals surface area contributed by atoms with Crippen LogP contribution in [0.2, 0.25) is 0 Å². The second-order valence-electron chi connectivity index (χ2n) is 11.3. The summed E-state index contributed by atoms with van der Waals surface area (Å²) in [5, 5.41) is 1.47. The third kappa shape index (κ3) is 7.46. The van der Waals surface area contributed by atoms with Gasteiger partial charge in [-0.1, -0.05) is 127 Å². The Balaban J connectivity index is 0.000000409. The Hall–Kier alpha value is -2.32. The van der Waals surface area contributed by atoms with Gasteiger partial charge in [0.2, 0.25) is 0 Å². The van der Waals surface area contributed by atoms with Crippen LogP contribution in [0, 0.1) is 0 Å². The number of allylic oxidation sites excluding steroid dienone is 4. The van der Waals surface area contributed by atoms with Crippen molar-refractivity contribution in [2.75, 3.05) is 13.1 Å². The summed E-state index contributed by atoms with van der Waals surface area (Å²) >= 11 is 0. The molecular weight excluding hydrogens is 472 g/mol. The highest BCUT2D eigenvalue weighted by atomic mass is 15.2. The fraction of sp³-hybridized carbons (Fsp3) is 0.568. The van der Waals surface area contributed by atoms with Crippen LogP contribution in [0.3, 0.4) is 0 Å². The highest BCUT2D eigenvalue weighted by molar-refractivity contribution is 5.88. The van der Waals surface area contributed by atoms with Crippen molar-refractivity contribution in [3.63, 3.8) is 0 Å². The SMILES string of the molecule is C=Cc1ccc2c(C3CC=CCC3)c3n(c2c1)CCN(CCC)C1C=C(C)C=CC31.CC.CCCCCCC. The Morgan fingerprint density at radius 2 is 1.74 bits per heavy atom. The lowest BCUT2D eigenvalue weighted by Gasteiger charge is -2.34. The summed E-state index contributed by atoms with van der Waals surface area (Å²) in [6.07, 6.45) is 26.0. The highest BCUT2D eigenvalue weighted by Gasteiger charge is 2.36. The van der Waals surface area contributed by atoms with Crippen LogP contribution in [0.1, 0.15) is 128 Å². The number of aromatic nitrogens is 1. The van der Waals surface area contributed by atoms with Crippen molar-refractivity contribution in [2.45, 2.75) is 124 Å². The minimum absolute atomic E-state index is 0.434. The number of nitrogens with zero attached hydrogens (tertiary/aromatic N) is 2. The molecule has 0 saturated carbocycles. The number of fused-ring (bicyclic) bond motifs is 5. The molecule has 0 amide bonds. The number of rotatable bonds is 8. The normalized spacial score (nSPS) is 22.0. The molecule has 39 heavy (non-hydrogen) atoms. The fourth-order valence-corrected chi connectivity index (χ4v) is 6.61. The first-order valence-corrected chi connectivity index (χ1v) is 16.2. The van der Waals surface area contributed by atoms with Gasteiger partial charge in [-0.15, -0.1) is 0 Å². The maximum Gasteiger partial charge on any atom is 0.0492 e. The third-order valence-corrected chi connectivity index (χ3v) is 8.52. The molecule has 3 atom stereocenters. The van der Waals surface area contributed by atoms with Gasteiger partial charge in [0.05, 0.1) is 0 Å². The van der Waals surface area contributed by atoms with Crippen LogP contribution in [0.25, 0.3) is 17.0 Å². The summed E-state index contributed by atoms with van der Waals surface area (Å²) in [5.41, 5.74) is 7.23. The molecule has 0 fully saturated rings.